The first-order chi connectivity index (χ1) is 8.91. The van der Waals surface area contributed by atoms with E-state index in [2.05, 4.69) is 6.58 Å². The van der Waals surface area contributed by atoms with E-state index in [0.717, 1.165) is 18.4 Å². The fourth-order valence-electron chi connectivity index (χ4n) is 4.34. The van der Waals surface area contributed by atoms with Crippen LogP contribution in [-0.2, 0) is 19.1 Å². The molecule has 0 unspecified atom stereocenters. The predicted molar refractivity (Wildman–Crippen MR) is 66.2 cm³/mol. The zero-order chi connectivity index (χ0) is 13.6. The smallest absolute Gasteiger partial charge is 0.334 e. The van der Waals surface area contributed by atoms with Crippen molar-refractivity contribution in [3.05, 3.63) is 23.8 Å². The van der Waals surface area contributed by atoms with Crippen LogP contribution in [-0.4, -0.2) is 29.1 Å². The third-order valence-corrected chi connectivity index (χ3v) is 5.39. The molecule has 2 aliphatic carbocycles. The van der Waals surface area contributed by atoms with Gasteiger partial charge >= 0.3 is 5.97 Å². The maximum absolute atomic E-state index is 12.3. The summed E-state index contributed by atoms with van der Waals surface area (Å²) >= 11 is 0. The minimum absolute atomic E-state index is 0.0249. The summed E-state index contributed by atoms with van der Waals surface area (Å²) in [5.74, 6) is -0.397. The number of fused-ring (bicyclic) bond motifs is 2. The molecular weight excluding hydrogens is 244 g/mol. The van der Waals surface area contributed by atoms with Gasteiger partial charge in [0.15, 0.2) is 11.4 Å². The molecule has 0 aromatic heterocycles. The second kappa shape index (κ2) is 3.01. The van der Waals surface area contributed by atoms with E-state index in [4.69, 9.17) is 9.47 Å². The Hall–Kier alpha value is -1.42. The van der Waals surface area contributed by atoms with Crippen LogP contribution in [0.3, 0.4) is 0 Å². The highest BCUT2D eigenvalue weighted by molar-refractivity contribution is 6.05. The number of esters is 1. The van der Waals surface area contributed by atoms with Crippen LogP contribution in [0.4, 0.5) is 0 Å². The Morgan fingerprint density at radius 2 is 2.16 bits per heavy atom. The summed E-state index contributed by atoms with van der Waals surface area (Å²) in [5, 5.41) is 0. The van der Waals surface area contributed by atoms with Crippen LogP contribution >= 0.6 is 0 Å². The van der Waals surface area contributed by atoms with Crippen molar-refractivity contribution in [2.45, 2.75) is 44.0 Å². The number of epoxide rings is 1. The molecule has 4 heteroatoms. The molecule has 4 rings (SSSR count). The molecule has 2 saturated heterocycles. The van der Waals surface area contributed by atoms with Crippen LogP contribution in [0.15, 0.2) is 23.8 Å². The van der Waals surface area contributed by atoms with Gasteiger partial charge < -0.3 is 9.47 Å². The molecule has 0 aromatic carbocycles. The van der Waals surface area contributed by atoms with Crippen molar-refractivity contribution in [1.82, 2.24) is 0 Å². The van der Waals surface area contributed by atoms with E-state index in [1.807, 2.05) is 13.8 Å². The highest BCUT2D eigenvalue weighted by Gasteiger charge is 2.79. The molecule has 2 aliphatic heterocycles. The summed E-state index contributed by atoms with van der Waals surface area (Å²) in [7, 11) is 0. The van der Waals surface area contributed by atoms with E-state index in [-0.39, 0.29) is 29.7 Å². The lowest BCUT2D eigenvalue weighted by molar-refractivity contribution is -0.142. The molecule has 19 heavy (non-hydrogen) atoms. The predicted octanol–water partition coefficient (Wildman–Crippen LogP) is 1.55. The van der Waals surface area contributed by atoms with E-state index in [9.17, 15) is 9.59 Å². The van der Waals surface area contributed by atoms with Gasteiger partial charge in [-0.1, -0.05) is 12.2 Å². The van der Waals surface area contributed by atoms with Gasteiger partial charge in [-0.05, 0) is 32.8 Å². The van der Waals surface area contributed by atoms with Gasteiger partial charge in [-0.2, -0.15) is 0 Å². The average Bonchev–Trinajstić information content (AvgIpc) is 2.77. The van der Waals surface area contributed by atoms with Crippen LogP contribution in [0.2, 0.25) is 0 Å². The summed E-state index contributed by atoms with van der Waals surface area (Å²) in [6.07, 6.45) is 2.94. The van der Waals surface area contributed by atoms with E-state index >= 15 is 0 Å². The van der Waals surface area contributed by atoms with Crippen molar-refractivity contribution < 1.29 is 19.1 Å². The zero-order valence-electron chi connectivity index (χ0n) is 11.1. The van der Waals surface area contributed by atoms with Gasteiger partial charge in [0.2, 0.25) is 0 Å². The quantitative estimate of drug-likeness (QED) is 0.377. The second-order valence-electron chi connectivity index (χ2n) is 6.34. The lowest BCUT2D eigenvalue weighted by Crippen LogP contribution is -2.41. The molecule has 100 valence electrons. The van der Waals surface area contributed by atoms with Crippen molar-refractivity contribution in [1.29, 1.82) is 0 Å². The highest BCUT2D eigenvalue weighted by Crippen LogP contribution is 2.65. The lowest BCUT2D eigenvalue weighted by atomic mass is 9.78. The first kappa shape index (κ1) is 11.4. The lowest BCUT2D eigenvalue weighted by Gasteiger charge is -2.26. The number of carbonyl (C=O) groups excluding carboxylic acids is 2. The van der Waals surface area contributed by atoms with Crippen molar-refractivity contribution in [3.8, 4) is 0 Å². The minimum Gasteiger partial charge on any atom is -0.458 e. The van der Waals surface area contributed by atoms with Gasteiger partial charge in [0.25, 0.3) is 0 Å². The fourth-order valence-corrected chi connectivity index (χ4v) is 4.34. The summed E-state index contributed by atoms with van der Waals surface area (Å²) < 4.78 is 11.4. The summed E-state index contributed by atoms with van der Waals surface area (Å²) in [4.78, 5) is 24.1. The molecule has 4 nitrogen and oxygen atoms in total. The number of ether oxygens (including phenoxy) is 2. The Labute approximate surface area is 111 Å². The average molecular weight is 260 g/mol. The van der Waals surface area contributed by atoms with E-state index in [1.165, 1.54) is 0 Å². The van der Waals surface area contributed by atoms with Gasteiger partial charge in [0, 0.05) is 11.5 Å². The molecule has 1 saturated carbocycles. The van der Waals surface area contributed by atoms with Gasteiger partial charge in [-0.25, -0.2) is 4.79 Å². The monoisotopic (exact) mass is 260 g/mol. The molecule has 0 amide bonds. The molecule has 3 fully saturated rings. The van der Waals surface area contributed by atoms with E-state index in [1.54, 1.807) is 6.08 Å². The molecule has 0 aromatic rings. The maximum Gasteiger partial charge on any atom is 0.334 e. The molecule has 0 bridgehead atoms. The number of ketones is 1. The van der Waals surface area contributed by atoms with Crippen LogP contribution in [0.25, 0.3) is 0 Å². The Morgan fingerprint density at radius 3 is 2.89 bits per heavy atom. The SMILES string of the molecule is C=C1C(=O)O[C@@H]2[C@H]3C(C)=CC(=O)[C@@]34O[C@@]4(C)CC[C@@H]12. The number of hydrogen-bond donors (Lipinski definition) is 0. The van der Waals surface area contributed by atoms with Crippen molar-refractivity contribution in [2.24, 2.45) is 11.8 Å². The van der Waals surface area contributed by atoms with Crippen molar-refractivity contribution in [3.63, 3.8) is 0 Å². The third kappa shape index (κ3) is 1.06. The Morgan fingerprint density at radius 1 is 1.42 bits per heavy atom. The van der Waals surface area contributed by atoms with Gasteiger partial charge in [0.1, 0.15) is 11.7 Å². The molecule has 2 heterocycles. The van der Waals surface area contributed by atoms with Crippen LogP contribution in [0.1, 0.15) is 26.7 Å². The van der Waals surface area contributed by atoms with E-state index < -0.39 is 11.2 Å². The number of rotatable bonds is 0. The zero-order valence-corrected chi connectivity index (χ0v) is 11.1. The molecule has 0 N–H and O–H groups in total. The molecular formula is C15H16O4. The van der Waals surface area contributed by atoms with Crippen LogP contribution in [0.5, 0.6) is 0 Å². The standard InChI is InChI=1S/C15H16O4/c1-7-6-10(16)15-11(7)12-9(8(2)13(17)18-12)4-5-14(15,3)19-15/h6,9,11-12H,2,4-5H2,1,3H3/t9-,11+,12-,14-,15+/m0/s1. The fraction of sp³-hybridized carbons (Fsp3) is 0.600. The molecule has 5 atom stereocenters. The largest absolute Gasteiger partial charge is 0.458 e. The van der Waals surface area contributed by atoms with Crippen LogP contribution < -0.4 is 0 Å². The molecule has 4 aliphatic rings. The highest BCUT2D eigenvalue weighted by atomic mass is 16.6. The third-order valence-electron chi connectivity index (χ3n) is 5.39. The summed E-state index contributed by atoms with van der Waals surface area (Å²) in [5.41, 5.74) is 0.340. The first-order valence-electron chi connectivity index (χ1n) is 6.73. The van der Waals surface area contributed by atoms with Crippen molar-refractivity contribution in [2.75, 3.05) is 0 Å². The van der Waals surface area contributed by atoms with Gasteiger partial charge in [-0.3, -0.25) is 4.79 Å². The normalized spacial score (nSPS) is 50.9. The van der Waals surface area contributed by atoms with E-state index in [0.29, 0.717) is 5.57 Å². The van der Waals surface area contributed by atoms with Gasteiger partial charge in [-0.15, -0.1) is 0 Å². The number of hydrogen-bond acceptors (Lipinski definition) is 4. The Balaban J connectivity index is 1.85. The topological polar surface area (TPSA) is 55.9 Å². The Bertz CT molecular complexity index is 575. The molecule has 0 radical (unpaired) electrons. The van der Waals surface area contributed by atoms with Crippen molar-refractivity contribution >= 4 is 11.8 Å². The first-order valence-corrected chi connectivity index (χ1v) is 6.73. The van der Waals surface area contributed by atoms with Crippen LogP contribution in [0, 0.1) is 11.8 Å². The Kier molecular flexibility index (Phi) is 1.81. The summed E-state index contributed by atoms with van der Waals surface area (Å²) in [6, 6.07) is 0. The number of carbonyl (C=O) groups is 2. The maximum atomic E-state index is 12.3. The summed E-state index contributed by atoms with van der Waals surface area (Å²) in [6.45, 7) is 7.78. The molecule has 1 spiro atoms. The second-order valence-corrected chi connectivity index (χ2v) is 6.34. The van der Waals surface area contributed by atoms with Gasteiger partial charge in [0.05, 0.1) is 5.92 Å². The minimum atomic E-state index is -0.776.